The second kappa shape index (κ2) is 7.06. The molecular formula is C16H15N5OS. The van der Waals surface area contributed by atoms with Crippen molar-refractivity contribution in [2.24, 2.45) is 0 Å². The first-order chi connectivity index (χ1) is 11.2. The zero-order valence-electron chi connectivity index (χ0n) is 12.6. The van der Waals surface area contributed by atoms with E-state index in [2.05, 4.69) is 25.3 Å². The summed E-state index contributed by atoms with van der Waals surface area (Å²) in [4.78, 5) is 28.7. The van der Waals surface area contributed by atoms with Crippen LogP contribution in [0.3, 0.4) is 0 Å². The molecule has 6 nitrogen and oxygen atoms in total. The normalized spacial score (nSPS) is 10.5. The lowest BCUT2D eigenvalue weighted by molar-refractivity contribution is 0.0950. The lowest BCUT2D eigenvalue weighted by Crippen LogP contribution is -2.26. The third-order valence-corrected chi connectivity index (χ3v) is 3.88. The van der Waals surface area contributed by atoms with Crippen molar-refractivity contribution in [2.75, 3.05) is 6.54 Å². The Hall–Kier alpha value is -2.67. The summed E-state index contributed by atoms with van der Waals surface area (Å²) in [7, 11) is 0. The molecule has 1 N–H and O–H groups in total. The maximum atomic E-state index is 11.9. The molecule has 3 rings (SSSR count). The van der Waals surface area contributed by atoms with Crippen molar-refractivity contribution in [3.63, 3.8) is 0 Å². The summed E-state index contributed by atoms with van der Waals surface area (Å²) < 4.78 is 0. The molecule has 23 heavy (non-hydrogen) atoms. The maximum Gasteiger partial charge on any atom is 0.270 e. The van der Waals surface area contributed by atoms with Gasteiger partial charge in [0.05, 0.1) is 11.2 Å². The maximum absolute atomic E-state index is 11.9. The van der Waals surface area contributed by atoms with Gasteiger partial charge in [0.2, 0.25) is 0 Å². The van der Waals surface area contributed by atoms with E-state index < -0.39 is 0 Å². The van der Waals surface area contributed by atoms with Gasteiger partial charge in [-0.05, 0) is 24.6 Å². The summed E-state index contributed by atoms with van der Waals surface area (Å²) in [5, 5.41) is 4.59. The van der Waals surface area contributed by atoms with E-state index in [4.69, 9.17) is 0 Å². The van der Waals surface area contributed by atoms with Crippen molar-refractivity contribution in [1.82, 2.24) is 25.3 Å². The Kier molecular flexibility index (Phi) is 4.68. The minimum Gasteiger partial charge on any atom is -0.350 e. The van der Waals surface area contributed by atoms with Crippen LogP contribution in [0.15, 0.2) is 41.6 Å². The predicted octanol–water partition coefficient (Wildman–Crippen LogP) is 2.28. The van der Waals surface area contributed by atoms with Crippen LogP contribution in [-0.2, 0) is 6.42 Å². The lowest BCUT2D eigenvalue weighted by atomic mass is 10.1. The molecule has 1 amide bonds. The number of hydrogen-bond donors (Lipinski definition) is 1. The molecule has 3 heterocycles. The minimum absolute atomic E-state index is 0.164. The first kappa shape index (κ1) is 15.2. The molecule has 0 aromatic carbocycles. The number of thiazole rings is 1. The van der Waals surface area contributed by atoms with Gasteiger partial charge in [-0.15, -0.1) is 11.3 Å². The fraction of sp³-hybridized carbons (Fsp3) is 0.188. The van der Waals surface area contributed by atoms with Crippen LogP contribution < -0.4 is 5.32 Å². The number of rotatable bonds is 5. The van der Waals surface area contributed by atoms with E-state index in [1.165, 1.54) is 11.3 Å². The molecule has 3 aromatic heterocycles. The topological polar surface area (TPSA) is 80.7 Å². The molecule has 0 fully saturated rings. The molecule has 0 bridgehead atoms. The number of pyridine rings is 1. The molecule has 7 heteroatoms. The van der Waals surface area contributed by atoms with Gasteiger partial charge in [-0.25, -0.2) is 15.0 Å². The first-order valence-corrected chi connectivity index (χ1v) is 8.07. The van der Waals surface area contributed by atoms with E-state index in [1.807, 2.05) is 25.3 Å². The van der Waals surface area contributed by atoms with Crippen molar-refractivity contribution in [1.29, 1.82) is 0 Å². The summed E-state index contributed by atoms with van der Waals surface area (Å²) in [5.41, 5.74) is 4.97. The van der Waals surface area contributed by atoms with E-state index >= 15 is 0 Å². The van der Waals surface area contributed by atoms with Crippen molar-refractivity contribution < 1.29 is 4.79 Å². The summed E-state index contributed by atoms with van der Waals surface area (Å²) >= 11 is 1.40. The largest absolute Gasteiger partial charge is 0.350 e. The van der Waals surface area contributed by atoms with Crippen LogP contribution in [0.2, 0.25) is 0 Å². The van der Waals surface area contributed by atoms with Gasteiger partial charge >= 0.3 is 0 Å². The fourth-order valence-corrected chi connectivity index (χ4v) is 2.72. The second-order valence-electron chi connectivity index (χ2n) is 4.89. The molecule has 3 aromatic rings. The average Bonchev–Trinajstić information content (AvgIpc) is 3.10. The number of aromatic nitrogens is 4. The molecule has 0 spiro atoms. The Morgan fingerprint density at radius 1 is 1.26 bits per heavy atom. The molecule has 0 unspecified atom stereocenters. The number of amides is 1. The van der Waals surface area contributed by atoms with Gasteiger partial charge in [0, 0.05) is 42.5 Å². The van der Waals surface area contributed by atoms with Gasteiger partial charge in [-0.1, -0.05) is 0 Å². The second-order valence-corrected chi connectivity index (χ2v) is 5.61. The zero-order chi connectivity index (χ0) is 16.1. The molecule has 0 aliphatic heterocycles. The SMILES string of the molecule is Cc1ncc(-c2ccncc2)c(CCNC(=O)c2cscn2)n1. The quantitative estimate of drug-likeness (QED) is 0.778. The first-order valence-electron chi connectivity index (χ1n) is 7.13. The summed E-state index contributed by atoms with van der Waals surface area (Å²) in [6.45, 7) is 2.35. The zero-order valence-corrected chi connectivity index (χ0v) is 13.4. The van der Waals surface area contributed by atoms with Gasteiger partial charge in [-0.3, -0.25) is 9.78 Å². The van der Waals surface area contributed by atoms with Crippen molar-refractivity contribution in [3.05, 3.63) is 58.8 Å². The minimum atomic E-state index is -0.164. The van der Waals surface area contributed by atoms with Crippen LogP contribution in [0.1, 0.15) is 22.0 Å². The number of hydrogen-bond acceptors (Lipinski definition) is 6. The highest BCUT2D eigenvalue weighted by Crippen LogP contribution is 2.21. The fourth-order valence-electron chi connectivity index (χ4n) is 2.19. The molecule has 0 radical (unpaired) electrons. The smallest absolute Gasteiger partial charge is 0.270 e. The van der Waals surface area contributed by atoms with E-state index in [-0.39, 0.29) is 5.91 Å². The van der Waals surface area contributed by atoms with Crippen LogP contribution in [0.4, 0.5) is 0 Å². The summed E-state index contributed by atoms with van der Waals surface area (Å²) in [5.74, 6) is 0.547. The molecule has 0 saturated heterocycles. The highest BCUT2D eigenvalue weighted by molar-refractivity contribution is 7.07. The van der Waals surface area contributed by atoms with Crippen LogP contribution in [0.5, 0.6) is 0 Å². The number of aryl methyl sites for hydroxylation is 1. The number of nitrogens with zero attached hydrogens (tertiary/aromatic N) is 4. The third kappa shape index (κ3) is 3.75. The molecule has 0 aliphatic rings. The summed E-state index contributed by atoms with van der Waals surface area (Å²) in [6, 6.07) is 3.84. The molecule has 0 saturated carbocycles. The van der Waals surface area contributed by atoms with Crippen molar-refractivity contribution in [3.8, 4) is 11.1 Å². The highest BCUT2D eigenvalue weighted by Gasteiger charge is 2.10. The highest BCUT2D eigenvalue weighted by atomic mass is 32.1. The van der Waals surface area contributed by atoms with E-state index in [0.717, 1.165) is 16.8 Å². The summed E-state index contributed by atoms with van der Waals surface area (Å²) in [6.07, 6.45) is 5.91. The Labute approximate surface area is 137 Å². The molecule has 0 atom stereocenters. The predicted molar refractivity (Wildman–Crippen MR) is 88.2 cm³/mol. The Morgan fingerprint density at radius 3 is 2.83 bits per heavy atom. The van der Waals surface area contributed by atoms with Gasteiger partial charge in [0.1, 0.15) is 11.5 Å². The van der Waals surface area contributed by atoms with Crippen LogP contribution in [0, 0.1) is 6.92 Å². The van der Waals surface area contributed by atoms with Crippen LogP contribution >= 0.6 is 11.3 Å². The number of nitrogens with one attached hydrogen (secondary N) is 1. The third-order valence-electron chi connectivity index (χ3n) is 3.29. The van der Waals surface area contributed by atoms with Crippen LogP contribution in [-0.4, -0.2) is 32.4 Å². The van der Waals surface area contributed by atoms with Gasteiger partial charge in [-0.2, -0.15) is 0 Å². The van der Waals surface area contributed by atoms with E-state index in [0.29, 0.717) is 24.5 Å². The lowest BCUT2D eigenvalue weighted by Gasteiger charge is -2.09. The van der Waals surface area contributed by atoms with E-state index in [1.54, 1.807) is 23.3 Å². The molecular weight excluding hydrogens is 310 g/mol. The molecule has 0 aliphatic carbocycles. The Morgan fingerprint density at radius 2 is 2.09 bits per heavy atom. The van der Waals surface area contributed by atoms with Crippen LogP contribution in [0.25, 0.3) is 11.1 Å². The Balaban J connectivity index is 1.72. The Bertz CT molecular complexity index is 789. The number of carbonyl (C=O) groups is 1. The number of carbonyl (C=O) groups excluding carboxylic acids is 1. The monoisotopic (exact) mass is 325 g/mol. The van der Waals surface area contributed by atoms with E-state index in [9.17, 15) is 4.79 Å². The van der Waals surface area contributed by atoms with Crippen molar-refractivity contribution >= 4 is 17.2 Å². The molecule has 116 valence electrons. The van der Waals surface area contributed by atoms with Crippen molar-refractivity contribution in [2.45, 2.75) is 13.3 Å². The average molecular weight is 325 g/mol. The van der Waals surface area contributed by atoms with Gasteiger partial charge in [0.25, 0.3) is 5.91 Å². The van der Waals surface area contributed by atoms with Gasteiger partial charge in [0.15, 0.2) is 0 Å². The standard InChI is InChI=1S/C16H15N5OS/c1-11-19-8-13(12-2-5-17-6-3-12)14(21-11)4-7-18-16(22)15-9-23-10-20-15/h2-3,5-6,8-10H,4,7H2,1H3,(H,18,22). The van der Waals surface area contributed by atoms with Gasteiger partial charge < -0.3 is 5.32 Å².